The molecule has 1 aromatic heterocycles. The van der Waals surface area contributed by atoms with Crippen LogP contribution in [-0.4, -0.2) is 15.1 Å². The summed E-state index contributed by atoms with van der Waals surface area (Å²) in [5.41, 5.74) is 1.35. The van der Waals surface area contributed by atoms with Gasteiger partial charge in [0.1, 0.15) is 6.61 Å². The summed E-state index contributed by atoms with van der Waals surface area (Å²) in [7, 11) is 0. The van der Waals surface area contributed by atoms with E-state index in [1.807, 2.05) is 18.2 Å². The Kier molecular flexibility index (Phi) is 3.90. The number of rotatable bonds is 4. The Morgan fingerprint density at radius 1 is 1.24 bits per heavy atom. The van der Waals surface area contributed by atoms with Gasteiger partial charge in [-0.1, -0.05) is 29.8 Å². The van der Waals surface area contributed by atoms with Gasteiger partial charge < -0.3 is 9.84 Å². The monoisotopic (exact) mass is 250 g/mol. The Bertz CT molecular complexity index is 505. The third-order valence-corrected chi connectivity index (χ3v) is 2.53. The fraction of sp³-hybridized carbons (Fsp3) is 0.167. The highest BCUT2D eigenvalue weighted by Crippen LogP contribution is 2.17. The van der Waals surface area contributed by atoms with Gasteiger partial charge in [-0.15, -0.1) is 0 Å². The summed E-state index contributed by atoms with van der Waals surface area (Å²) in [6.45, 7) is 0.166. The highest BCUT2D eigenvalue weighted by atomic mass is 35.5. The van der Waals surface area contributed by atoms with Gasteiger partial charge in [-0.25, -0.2) is 4.98 Å². The van der Waals surface area contributed by atoms with Crippen LogP contribution in [0.2, 0.25) is 5.02 Å². The Hall–Kier alpha value is -1.65. The topological polar surface area (TPSA) is 55.2 Å². The molecule has 0 aliphatic carbocycles. The first-order valence-electron chi connectivity index (χ1n) is 5.07. The Morgan fingerprint density at radius 2 is 2.06 bits per heavy atom. The molecule has 0 amide bonds. The molecule has 0 fully saturated rings. The van der Waals surface area contributed by atoms with Gasteiger partial charge in [0, 0.05) is 10.6 Å². The second-order valence-corrected chi connectivity index (χ2v) is 3.79. The van der Waals surface area contributed by atoms with Crippen LogP contribution in [0, 0.1) is 0 Å². The van der Waals surface area contributed by atoms with E-state index >= 15 is 0 Å². The fourth-order valence-electron chi connectivity index (χ4n) is 1.30. The number of hydrogen-bond donors (Lipinski definition) is 1. The first kappa shape index (κ1) is 11.8. The van der Waals surface area contributed by atoms with Crippen molar-refractivity contribution in [1.82, 2.24) is 9.97 Å². The van der Waals surface area contributed by atoms with Crippen molar-refractivity contribution >= 4 is 11.6 Å². The first-order chi connectivity index (χ1) is 8.29. The number of aliphatic hydroxyl groups is 1. The van der Waals surface area contributed by atoms with Crippen LogP contribution in [0.1, 0.15) is 11.3 Å². The van der Waals surface area contributed by atoms with Crippen molar-refractivity contribution in [3.63, 3.8) is 0 Å². The van der Waals surface area contributed by atoms with E-state index in [2.05, 4.69) is 9.97 Å². The van der Waals surface area contributed by atoms with Crippen molar-refractivity contribution in [3.05, 3.63) is 52.9 Å². The van der Waals surface area contributed by atoms with E-state index in [1.54, 1.807) is 6.07 Å². The van der Waals surface area contributed by atoms with Crippen LogP contribution in [0.15, 0.2) is 36.7 Å². The molecular formula is C12H11ClN2O2. The first-order valence-corrected chi connectivity index (χ1v) is 5.45. The summed E-state index contributed by atoms with van der Waals surface area (Å²) >= 11 is 5.99. The van der Waals surface area contributed by atoms with Crippen LogP contribution in [-0.2, 0) is 13.2 Å². The second kappa shape index (κ2) is 5.61. The molecule has 5 heteroatoms. The minimum atomic E-state index is -0.156. The molecule has 0 aliphatic rings. The van der Waals surface area contributed by atoms with Crippen LogP contribution < -0.4 is 4.74 Å². The zero-order valence-electron chi connectivity index (χ0n) is 9.01. The SMILES string of the molecule is OCc1cncc(OCc2ccccc2Cl)n1. The molecule has 1 N–H and O–H groups in total. The number of aromatic nitrogens is 2. The lowest BCUT2D eigenvalue weighted by atomic mass is 10.2. The van der Waals surface area contributed by atoms with Crippen molar-refractivity contribution in [2.45, 2.75) is 13.2 Å². The molecule has 1 heterocycles. The van der Waals surface area contributed by atoms with Gasteiger partial charge >= 0.3 is 0 Å². The summed E-state index contributed by atoms with van der Waals surface area (Å²) in [4.78, 5) is 7.97. The van der Waals surface area contributed by atoms with Gasteiger partial charge in [0.05, 0.1) is 24.7 Å². The molecule has 88 valence electrons. The van der Waals surface area contributed by atoms with Gasteiger partial charge in [-0.3, -0.25) is 4.98 Å². The molecule has 0 saturated carbocycles. The molecule has 2 aromatic rings. The van der Waals surface area contributed by atoms with E-state index in [0.717, 1.165) is 5.56 Å². The number of nitrogens with zero attached hydrogens (tertiary/aromatic N) is 2. The molecular weight excluding hydrogens is 240 g/mol. The normalized spacial score (nSPS) is 10.2. The molecule has 2 rings (SSSR count). The van der Waals surface area contributed by atoms with E-state index in [4.69, 9.17) is 21.4 Å². The highest BCUT2D eigenvalue weighted by Gasteiger charge is 2.02. The molecule has 0 atom stereocenters. The van der Waals surface area contributed by atoms with Gasteiger partial charge in [0.2, 0.25) is 5.88 Å². The maximum absolute atomic E-state index is 8.91. The molecule has 0 saturated heterocycles. The van der Waals surface area contributed by atoms with E-state index in [-0.39, 0.29) is 6.61 Å². The van der Waals surface area contributed by atoms with Gasteiger partial charge in [0.15, 0.2) is 0 Å². The van der Waals surface area contributed by atoms with Crippen LogP contribution in [0.25, 0.3) is 0 Å². The van der Waals surface area contributed by atoms with Gasteiger partial charge in [-0.05, 0) is 6.07 Å². The van der Waals surface area contributed by atoms with Gasteiger partial charge in [-0.2, -0.15) is 0 Å². The molecule has 0 spiro atoms. The summed E-state index contributed by atoms with van der Waals surface area (Å²) in [6, 6.07) is 7.43. The predicted molar refractivity (Wildman–Crippen MR) is 63.7 cm³/mol. The van der Waals surface area contributed by atoms with E-state index in [0.29, 0.717) is 23.2 Å². The average molecular weight is 251 g/mol. The number of benzene rings is 1. The summed E-state index contributed by atoms with van der Waals surface area (Å²) in [5, 5.41) is 9.56. The zero-order chi connectivity index (χ0) is 12.1. The van der Waals surface area contributed by atoms with E-state index in [9.17, 15) is 0 Å². The minimum absolute atomic E-state index is 0.156. The van der Waals surface area contributed by atoms with Crippen LogP contribution >= 0.6 is 11.6 Å². The Balaban J connectivity index is 2.05. The van der Waals surface area contributed by atoms with Crippen LogP contribution in [0.5, 0.6) is 5.88 Å². The average Bonchev–Trinajstić information content (AvgIpc) is 2.38. The summed E-state index contributed by atoms with van der Waals surface area (Å²) in [6.07, 6.45) is 2.98. The number of hydrogen-bond acceptors (Lipinski definition) is 4. The highest BCUT2D eigenvalue weighted by molar-refractivity contribution is 6.31. The molecule has 0 unspecified atom stereocenters. The smallest absolute Gasteiger partial charge is 0.232 e. The number of halogens is 1. The zero-order valence-corrected chi connectivity index (χ0v) is 9.76. The number of aliphatic hydroxyl groups excluding tert-OH is 1. The van der Waals surface area contributed by atoms with Crippen LogP contribution in [0.3, 0.4) is 0 Å². The third-order valence-electron chi connectivity index (χ3n) is 2.16. The van der Waals surface area contributed by atoms with Crippen molar-refractivity contribution in [2.75, 3.05) is 0 Å². The quantitative estimate of drug-likeness (QED) is 0.904. The summed E-state index contributed by atoms with van der Waals surface area (Å²) in [5.74, 6) is 0.372. The standard InChI is InChI=1S/C12H11ClN2O2/c13-11-4-2-1-3-9(11)8-17-12-6-14-5-10(7-16)15-12/h1-6,16H,7-8H2. The molecule has 1 aromatic carbocycles. The second-order valence-electron chi connectivity index (χ2n) is 3.39. The molecule has 0 bridgehead atoms. The lowest BCUT2D eigenvalue weighted by Gasteiger charge is -2.06. The predicted octanol–water partition coefficient (Wildman–Crippen LogP) is 2.20. The third kappa shape index (κ3) is 3.15. The van der Waals surface area contributed by atoms with E-state index < -0.39 is 0 Å². The summed E-state index contributed by atoms with van der Waals surface area (Å²) < 4.78 is 5.45. The van der Waals surface area contributed by atoms with E-state index in [1.165, 1.54) is 12.4 Å². The molecule has 17 heavy (non-hydrogen) atoms. The molecule has 4 nitrogen and oxygen atoms in total. The maximum atomic E-state index is 8.91. The Labute approximate surface area is 104 Å². The largest absolute Gasteiger partial charge is 0.472 e. The fourth-order valence-corrected chi connectivity index (χ4v) is 1.49. The van der Waals surface area contributed by atoms with Crippen molar-refractivity contribution < 1.29 is 9.84 Å². The molecule has 0 radical (unpaired) electrons. The molecule has 0 aliphatic heterocycles. The minimum Gasteiger partial charge on any atom is -0.472 e. The lowest BCUT2D eigenvalue weighted by Crippen LogP contribution is -2.00. The van der Waals surface area contributed by atoms with Gasteiger partial charge in [0.25, 0.3) is 0 Å². The number of ether oxygens (including phenoxy) is 1. The van der Waals surface area contributed by atoms with Crippen LogP contribution in [0.4, 0.5) is 0 Å². The lowest BCUT2D eigenvalue weighted by molar-refractivity contribution is 0.264. The van der Waals surface area contributed by atoms with Crippen molar-refractivity contribution in [3.8, 4) is 5.88 Å². The maximum Gasteiger partial charge on any atom is 0.232 e. The van der Waals surface area contributed by atoms with Crippen molar-refractivity contribution in [1.29, 1.82) is 0 Å². The Morgan fingerprint density at radius 3 is 2.82 bits per heavy atom. The van der Waals surface area contributed by atoms with Crippen molar-refractivity contribution in [2.24, 2.45) is 0 Å².